The number of benzene rings is 1. The van der Waals surface area contributed by atoms with E-state index in [0.29, 0.717) is 25.4 Å². The Morgan fingerprint density at radius 3 is 2.76 bits per heavy atom. The topological polar surface area (TPSA) is 89.5 Å². The number of nitrogens with zero attached hydrogens (tertiary/aromatic N) is 2. The largest absolute Gasteiger partial charge is 0.341 e. The standard InChI is InChI=1S/C15H23N3O3/c1-12(8-9-16)6-7-15(19)17(2)11-13-4-3-5-14(10-13)18(20)21/h3-5,10,12H,6-9,11,16H2,1-2H3. The van der Waals surface area contributed by atoms with Crippen molar-refractivity contribution in [2.24, 2.45) is 11.7 Å². The van der Waals surface area contributed by atoms with E-state index in [2.05, 4.69) is 6.92 Å². The Hall–Kier alpha value is -1.95. The molecule has 1 rings (SSSR count). The Balaban J connectivity index is 2.52. The second kappa shape index (κ2) is 8.36. The van der Waals surface area contributed by atoms with Gasteiger partial charge >= 0.3 is 0 Å². The Kier molecular flexibility index (Phi) is 6.81. The van der Waals surface area contributed by atoms with Crippen LogP contribution in [0.1, 0.15) is 31.7 Å². The molecule has 0 heterocycles. The van der Waals surface area contributed by atoms with Crippen molar-refractivity contribution in [1.29, 1.82) is 0 Å². The van der Waals surface area contributed by atoms with Crippen molar-refractivity contribution in [3.63, 3.8) is 0 Å². The molecule has 0 aromatic heterocycles. The predicted molar refractivity (Wildman–Crippen MR) is 81.6 cm³/mol. The lowest BCUT2D eigenvalue weighted by atomic mass is 10.0. The average Bonchev–Trinajstić information content (AvgIpc) is 2.45. The van der Waals surface area contributed by atoms with Gasteiger partial charge in [0.2, 0.25) is 5.91 Å². The van der Waals surface area contributed by atoms with Crippen LogP contribution < -0.4 is 5.73 Å². The summed E-state index contributed by atoms with van der Waals surface area (Å²) in [7, 11) is 1.72. The van der Waals surface area contributed by atoms with Crippen molar-refractivity contribution < 1.29 is 9.72 Å². The molecule has 0 fully saturated rings. The number of nitrogens with two attached hydrogens (primary N) is 1. The Morgan fingerprint density at radius 2 is 2.14 bits per heavy atom. The fourth-order valence-electron chi connectivity index (χ4n) is 2.12. The Labute approximate surface area is 125 Å². The number of carbonyl (C=O) groups is 1. The number of rotatable bonds is 8. The van der Waals surface area contributed by atoms with E-state index < -0.39 is 4.92 Å². The maximum absolute atomic E-state index is 12.0. The molecule has 1 aromatic carbocycles. The summed E-state index contributed by atoms with van der Waals surface area (Å²) >= 11 is 0. The van der Waals surface area contributed by atoms with E-state index in [9.17, 15) is 14.9 Å². The molecule has 2 N–H and O–H groups in total. The lowest BCUT2D eigenvalue weighted by Gasteiger charge is -2.18. The summed E-state index contributed by atoms with van der Waals surface area (Å²) in [6, 6.07) is 6.36. The SMILES string of the molecule is CC(CCN)CCC(=O)N(C)Cc1cccc([N+](=O)[O-])c1. The lowest BCUT2D eigenvalue weighted by molar-refractivity contribution is -0.384. The van der Waals surface area contributed by atoms with Crippen LogP contribution in [0.2, 0.25) is 0 Å². The second-order valence-corrected chi connectivity index (χ2v) is 5.40. The third-order valence-corrected chi connectivity index (χ3v) is 3.48. The van der Waals surface area contributed by atoms with Gasteiger partial charge in [-0.2, -0.15) is 0 Å². The van der Waals surface area contributed by atoms with E-state index in [4.69, 9.17) is 5.73 Å². The van der Waals surface area contributed by atoms with Crippen molar-refractivity contribution in [1.82, 2.24) is 4.90 Å². The van der Waals surface area contributed by atoms with Crippen LogP contribution in [-0.4, -0.2) is 29.3 Å². The maximum Gasteiger partial charge on any atom is 0.269 e. The highest BCUT2D eigenvalue weighted by atomic mass is 16.6. The van der Waals surface area contributed by atoms with Gasteiger partial charge in [0, 0.05) is 32.1 Å². The van der Waals surface area contributed by atoms with Gasteiger partial charge in [-0.3, -0.25) is 14.9 Å². The molecular formula is C15H23N3O3. The highest BCUT2D eigenvalue weighted by molar-refractivity contribution is 5.75. The molecule has 6 nitrogen and oxygen atoms in total. The zero-order chi connectivity index (χ0) is 15.8. The molecule has 0 radical (unpaired) electrons. The van der Waals surface area contributed by atoms with E-state index in [1.807, 2.05) is 0 Å². The number of amides is 1. The fraction of sp³-hybridized carbons (Fsp3) is 0.533. The number of hydrogen-bond acceptors (Lipinski definition) is 4. The van der Waals surface area contributed by atoms with Gasteiger partial charge in [0.05, 0.1) is 4.92 Å². The van der Waals surface area contributed by atoms with Crippen LogP contribution in [0.25, 0.3) is 0 Å². The summed E-state index contributed by atoms with van der Waals surface area (Å²) < 4.78 is 0. The van der Waals surface area contributed by atoms with Gasteiger partial charge in [-0.25, -0.2) is 0 Å². The van der Waals surface area contributed by atoms with Crippen LogP contribution in [0.15, 0.2) is 24.3 Å². The zero-order valence-corrected chi connectivity index (χ0v) is 12.6. The minimum absolute atomic E-state index is 0.0462. The lowest BCUT2D eigenvalue weighted by Crippen LogP contribution is -2.26. The van der Waals surface area contributed by atoms with Crippen molar-refractivity contribution in [3.05, 3.63) is 39.9 Å². The Morgan fingerprint density at radius 1 is 1.43 bits per heavy atom. The molecule has 6 heteroatoms. The summed E-state index contributed by atoms with van der Waals surface area (Å²) in [6.45, 7) is 3.10. The van der Waals surface area contributed by atoms with E-state index >= 15 is 0 Å². The number of nitro groups is 1. The van der Waals surface area contributed by atoms with Crippen LogP contribution >= 0.6 is 0 Å². The number of carbonyl (C=O) groups excluding carboxylic acids is 1. The van der Waals surface area contributed by atoms with E-state index in [0.717, 1.165) is 18.4 Å². The van der Waals surface area contributed by atoms with Crippen molar-refractivity contribution >= 4 is 11.6 Å². The van der Waals surface area contributed by atoms with Crippen LogP contribution in [0.4, 0.5) is 5.69 Å². The van der Waals surface area contributed by atoms with Gasteiger partial charge in [-0.15, -0.1) is 0 Å². The van der Waals surface area contributed by atoms with Gasteiger partial charge in [0.15, 0.2) is 0 Å². The highest BCUT2D eigenvalue weighted by Crippen LogP contribution is 2.15. The maximum atomic E-state index is 12.0. The van der Waals surface area contributed by atoms with Gasteiger partial charge in [-0.05, 0) is 30.9 Å². The minimum Gasteiger partial charge on any atom is -0.341 e. The molecule has 1 unspecified atom stereocenters. The number of nitro benzene ring substituents is 1. The summed E-state index contributed by atoms with van der Waals surface area (Å²) in [5, 5.41) is 10.7. The summed E-state index contributed by atoms with van der Waals surface area (Å²) in [4.78, 5) is 23.9. The average molecular weight is 293 g/mol. The van der Waals surface area contributed by atoms with Gasteiger partial charge in [-0.1, -0.05) is 19.1 Å². The molecule has 0 saturated heterocycles. The van der Waals surface area contributed by atoms with E-state index in [-0.39, 0.29) is 11.6 Å². The quantitative estimate of drug-likeness (QED) is 0.588. The molecule has 0 spiro atoms. The number of non-ortho nitro benzene ring substituents is 1. The summed E-state index contributed by atoms with van der Waals surface area (Å²) in [6.07, 6.45) is 2.21. The molecule has 0 saturated carbocycles. The normalized spacial score (nSPS) is 12.0. The fourth-order valence-corrected chi connectivity index (χ4v) is 2.12. The van der Waals surface area contributed by atoms with Crippen molar-refractivity contribution in [2.45, 2.75) is 32.7 Å². The van der Waals surface area contributed by atoms with Crippen molar-refractivity contribution in [3.8, 4) is 0 Å². The van der Waals surface area contributed by atoms with Crippen LogP contribution in [-0.2, 0) is 11.3 Å². The van der Waals surface area contributed by atoms with Crippen LogP contribution in [0.5, 0.6) is 0 Å². The van der Waals surface area contributed by atoms with Crippen molar-refractivity contribution in [2.75, 3.05) is 13.6 Å². The smallest absolute Gasteiger partial charge is 0.269 e. The third kappa shape index (κ3) is 5.91. The molecule has 1 atom stereocenters. The first kappa shape index (κ1) is 17.1. The van der Waals surface area contributed by atoms with Crippen LogP contribution in [0.3, 0.4) is 0 Å². The number of hydrogen-bond donors (Lipinski definition) is 1. The first-order valence-corrected chi connectivity index (χ1v) is 7.11. The first-order valence-electron chi connectivity index (χ1n) is 7.11. The first-order chi connectivity index (χ1) is 9.93. The third-order valence-electron chi connectivity index (χ3n) is 3.48. The van der Waals surface area contributed by atoms with Gasteiger partial charge < -0.3 is 10.6 Å². The molecule has 1 amide bonds. The van der Waals surface area contributed by atoms with Gasteiger partial charge in [0.25, 0.3) is 5.69 Å². The molecule has 116 valence electrons. The Bertz CT molecular complexity index is 491. The summed E-state index contributed by atoms with van der Waals surface area (Å²) in [5.41, 5.74) is 6.29. The molecule has 0 aliphatic carbocycles. The second-order valence-electron chi connectivity index (χ2n) is 5.40. The molecule has 0 bridgehead atoms. The molecule has 0 aliphatic rings. The molecule has 21 heavy (non-hydrogen) atoms. The molecule has 1 aromatic rings. The molecular weight excluding hydrogens is 270 g/mol. The van der Waals surface area contributed by atoms with Gasteiger partial charge in [0.1, 0.15) is 0 Å². The molecule has 0 aliphatic heterocycles. The van der Waals surface area contributed by atoms with Crippen LogP contribution in [0, 0.1) is 16.0 Å². The van der Waals surface area contributed by atoms with E-state index in [1.54, 1.807) is 24.1 Å². The highest BCUT2D eigenvalue weighted by Gasteiger charge is 2.13. The summed E-state index contributed by atoms with van der Waals surface area (Å²) in [5.74, 6) is 0.482. The predicted octanol–water partition coefficient (Wildman–Crippen LogP) is 2.32. The minimum atomic E-state index is -0.431. The zero-order valence-electron chi connectivity index (χ0n) is 12.6. The monoisotopic (exact) mass is 293 g/mol. The van der Waals surface area contributed by atoms with E-state index in [1.165, 1.54) is 12.1 Å².